The van der Waals surface area contributed by atoms with E-state index in [0.717, 1.165) is 32.2 Å². The maximum Gasteiger partial charge on any atom is 0.222 e. The van der Waals surface area contributed by atoms with E-state index in [-0.39, 0.29) is 17.6 Å². The van der Waals surface area contributed by atoms with Crippen LogP contribution in [0.2, 0.25) is 0 Å². The SMILES string of the molecule is COc1ccc(C(=O)[C@@H]2CCCN(C(=O)CCCc3ccccc3)C2)cc1OC. The number of Topliss-reactive ketones (excluding diaryl/α,β-unsaturated/α-hetero) is 1. The molecule has 1 amide bonds. The highest BCUT2D eigenvalue weighted by atomic mass is 16.5. The van der Waals surface area contributed by atoms with Crippen molar-refractivity contribution in [1.82, 2.24) is 4.90 Å². The van der Waals surface area contributed by atoms with Crippen molar-refractivity contribution in [2.45, 2.75) is 32.1 Å². The lowest BCUT2D eigenvalue weighted by Crippen LogP contribution is -2.42. The van der Waals surface area contributed by atoms with Crippen molar-refractivity contribution >= 4 is 11.7 Å². The molecule has 1 saturated heterocycles. The summed E-state index contributed by atoms with van der Waals surface area (Å²) in [4.78, 5) is 27.5. The molecule has 5 heteroatoms. The molecule has 0 radical (unpaired) electrons. The van der Waals surface area contributed by atoms with Crippen LogP contribution in [0.4, 0.5) is 0 Å². The Morgan fingerprint density at radius 3 is 2.52 bits per heavy atom. The first-order valence-electron chi connectivity index (χ1n) is 10.2. The van der Waals surface area contributed by atoms with Crippen LogP contribution in [-0.4, -0.2) is 43.9 Å². The van der Waals surface area contributed by atoms with Crippen LogP contribution in [0.3, 0.4) is 0 Å². The molecular weight excluding hydrogens is 366 g/mol. The molecule has 0 bridgehead atoms. The summed E-state index contributed by atoms with van der Waals surface area (Å²) in [7, 11) is 3.13. The largest absolute Gasteiger partial charge is 0.493 e. The van der Waals surface area contributed by atoms with E-state index in [4.69, 9.17) is 9.47 Å². The number of methoxy groups -OCH3 is 2. The molecule has 0 unspecified atom stereocenters. The van der Waals surface area contributed by atoms with E-state index in [2.05, 4.69) is 12.1 Å². The molecule has 5 nitrogen and oxygen atoms in total. The van der Waals surface area contributed by atoms with Crippen LogP contribution in [-0.2, 0) is 11.2 Å². The van der Waals surface area contributed by atoms with Gasteiger partial charge in [-0.15, -0.1) is 0 Å². The van der Waals surface area contributed by atoms with E-state index < -0.39 is 0 Å². The van der Waals surface area contributed by atoms with Gasteiger partial charge in [0.2, 0.25) is 5.91 Å². The van der Waals surface area contributed by atoms with Gasteiger partial charge in [0.15, 0.2) is 17.3 Å². The lowest BCUT2D eigenvalue weighted by atomic mass is 9.89. The third-order valence-corrected chi connectivity index (χ3v) is 5.51. The number of benzene rings is 2. The quantitative estimate of drug-likeness (QED) is 0.630. The van der Waals surface area contributed by atoms with Gasteiger partial charge in [0.25, 0.3) is 0 Å². The summed E-state index contributed by atoms with van der Waals surface area (Å²) in [6, 6.07) is 15.5. The van der Waals surface area contributed by atoms with Gasteiger partial charge in [0.1, 0.15) is 0 Å². The molecule has 0 aromatic heterocycles. The number of piperidine rings is 1. The average molecular weight is 395 g/mol. The minimum absolute atomic E-state index is 0.0627. The number of rotatable bonds is 8. The van der Waals surface area contributed by atoms with Crippen LogP contribution < -0.4 is 9.47 Å². The third-order valence-electron chi connectivity index (χ3n) is 5.51. The number of hydrogen-bond acceptors (Lipinski definition) is 4. The lowest BCUT2D eigenvalue weighted by molar-refractivity contribution is -0.132. The summed E-state index contributed by atoms with van der Waals surface area (Å²) in [6.07, 6.45) is 3.91. The first kappa shape index (κ1) is 20.9. The van der Waals surface area contributed by atoms with E-state index >= 15 is 0 Å². The zero-order valence-electron chi connectivity index (χ0n) is 17.2. The highest BCUT2D eigenvalue weighted by Gasteiger charge is 2.29. The molecule has 2 aromatic rings. The zero-order chi connectivity index (χ0) is 20.6. The van der Waals surface area contributed by atoms with E-state index in [0.29, 0.717) is 30.0 Å². The first-order chi connectivity index (χ1) is 14.1. The number of ether oxygens (including phenoxy) is 2. The Kier molecular flexibility index (Phi) is 7.28. The maximum absolute atomic E-state index is 13.0. The van der Waals surface area contributed by atoms with Gasteiger partial charge in [0, 0.05) is 31.0 Å². The van der Waals surface area contributed by atoms with E-state index in [9.17, 15) is 9.59 Å². The van der Waals surface area contributed by atoms with Gasteiger partial charge in [-0.1, -0.05) is 30.3 Å². The zero-order valence-corrected chi connectivity index (χ0v) is 17.2. The van der Waals surface area contributed by atoms with Gasteiger partial charge in [0.05, 0.1) is 14.2 Å². The summed E-state index contributed by atoms with van der Waals surface area (Å²) < 4.78 is 10.6. The average Bonchev–Trinajstić information content (AvgIpc) is 2.78. The fraction of sp³-hybridized carbons (Fsp3) is 0.417. The second-order valence-corrected chi connectivity index (χ2v) is 7.45. The molecule has 1 aliphatic heterocycles. The van der Waals surface area contributed by atoms with Gasteiger partial charge in [-0.2, -0.15) is 0 Å². The van der Waals surface area contributed by atoms with E-state index in [1.807, 2.05) is 23.1 Å². The Bertz CT molecular complexity index is 834. The van der Waals surface area contributed by atoms with Gasteiger partial charge < -0.3 is 14.4 Å². The van der Waals surface area contributed by atoms with Crippen LogP contribution in [0, 0.1) is 5.92 Å². The number of amides is 1. The molecule has 1 aliphatic rings. The van der Waals surface area contributed by atoms with Crippen LogP contribution in [0.25, 0.3) is 0 Å². The Hall–Kier alpha value is -2.82. The number of carbonyl (C=O) groups excluding carboxylic acids is 2. The first-order valence-corrected chi connectivity index (χ1v) is 10.2. The highest BCUT2D eigenvalue weighted by molar-refractivity contribution is 5.99. The fourth-order valence-electron chi connectivity index (χ4n) is 3.89. The molecule has 0 aliphatic carbocycles. The molecular formula is C24H29NO4. The number of ketones is 1. The van der Waals surface area contributed by atoms with E-state index in [1.165, 1.54) is 5.56 Å². The highest BCUT2D eigenvalue weighted by Crippen LogP contribution is 2.30. The summed E-state index contributed by atoms with van der Waals surface area (Å²) in [6.45, 7) is 1.23. The standard InChI is InChI=1S/C24H29NO4/c1-28-21-14-13-19(16-22(21)29-2)24(27)20-11-7-15-25(17-20)23(26)12-6-10-18-8-4-3-5-9-18/h3-5,8-9,13-14,16,20H,6-7,10-12,15,17H2,1-2H3/t20-/m1/s1. The fourth-order valence-corrected chi connectivity index (χ4v) is 3.89. The van der Waals surface area contributed by atoms with E-state index in [1.54, 1.807) is 32.4 Å². The molecule has 0 N–H and O–H groups in total. The Labute approximate surface area is 172 Å². The predicted octanol–water partition coefficient (Wildman–Crippen LogP) is 4.15. The van der Waals surface area contributed by atoms with Crippen molar-refractivity contribution in [3.05, 3.63) is 59.7 Å². The van der Waals surface area contributed by atoms with Crippen molar-refractivity contribution in [3.63, 3.8) is 0 Å². The molecule has 1 fully saturated rings. The molecule has 154 valence electrons. The van der Waals surface area contributed by atoms with Crippen LogP contribution >= 0.6 is 0 Å². The van der Waals surface area contributed by atoms with Crippen molar-refractivity contribution in [3.8, 4) is 11.5 Å². The number of hydrogen-bond donors (Lipinski definition) is 0. The van der Waals surface area contributed by atoms with Crippen LogP contribution in [0.1, 0.15) is 41.6 Å². The van der Waals surface area contributed by atoms with Crippen LogP contribution in [0.15, 0.2) is 48.5 Å². The second-order valence-electron chi connectivity index (χ2n) is 7.45. The van der Waals surface area contributed by atoms with Gasteiger partial charge in [-0.25, -0.2) is 0 Å². The monoisotopic (exact) mass is 395 g/mol. The molecule has 0 spiro atoms. The maximum atomic E-state index is 13.0. The Morgan fingerprint density at radius 2 is 1.79 bits per heavy atom. The molecule has 1 heterocycles. The Balaban J connectivity index is 1.56. The summed E-state index contributed by atoms with van der Waals surface area (Å²) in [5.41, 5.74) is 1.85. The second kappa shape index (κ2) is 10.1. The molecule has 0 saturated carbocycles. The molecule has 3 rings (SSSR count). The van der Waals surface area contributed by atoms with Crippen molar-refractivity contribution < 1.29 is 19.1 Å². The molecule has 1 atom stereocenters. The van der Waals surface area contributed by atoms with Gasteiger partial charge in [-0.3, -0.25) is 9.59 Å². The summed E-state index contributed by atoms with van der Waals surface area (Å²) in [5, 5.41) is 0. The molecule has 29 heavy (non-hydrogen) atoms. The Morgan fingerprint density at radius 1 is 1.03 bits per heavy atom. The number of likely N-dealkylation sites (tertiary alicyclic amines) is 1. The number of nitrogens with zero attached hydrogens (tertiary/aromatic N) is 1. The van der Waals surface area contributed by atoms with Crippen molar-refractivity contribution in [1.29, 1.82) is 0 Å². The van der Waals surface area contributed by atoms with Crippen molar-refractivity contribution in [2.24, 2.45) is 5.92 Å². The van der Waals surface area contributed by atoms with Gasteiger partial charge >= 0.3 is 0 Å². The molecule has 2 aromatic carbocycles. The normalized spacial score (nSPS) is 16.3. The van der Waals surface area contributed by atoms with Gasteiger partial charge in [-0.05, 0) is 49.4 Å². The van der Waals surface area contributed by atoms with Crippen LogP contribution in [0.5, 0.6) is 11.5 Å². The number of carbonyl (C=O) groups is 2. The topological polar surface area (TPSA) is 55.8 Å². The minimum Gasteiger partial charge on any atom is -0.493 e. The van der Waals surface area contributed by atoms with Crippen molar-refractivity contribution in [2.75, 3.05) is 27.3 Å². The predicted molar refractivity (Wildman–Crippen MR) is 113 cm³/mol. The third kappa shape index (κ3) is 5.37. The smallest absolute Gasteiger partial charge is 0.222 e. The number of aryl methyl sites for hydroxylation is 1. The minimum atomic E-state index is -0.167. The summed E-state index contributed by atoms with van der Waals surface area (Å²) in [5.74, 6) is 1.18. The lowest BCUT2D eigenvalue weighted by Gasteiger charge is -2.32. The summed E-state index contributed by atoms with van der Waals surface area (Å²) >= 11 is 0.